The Morgan fingerprint density at radius 1 is 1.20 bits per heavy atom. The van der Waals surface area contributed by atoms with E-state index in [0.29, 0.717) is 30.9 Å². The zero-order chi connectivity index (χ0) is 22.1. The molecule has 30 heavy (non-hydrogen) atoms. The largest absolute Gasteiger partial charge is 0.493 e. The SMILES string of the molecule is CCCCN(C(=O)COC(=O)CCc1cccc(OC)c1OC)C1CCS(=O)(=O)C1. The van der Waals surface area contributed by atoms with Crippen molar-refractivity contribution in [2.24, 2.45) is 0 Å². The van der Waals surface area contributed by atoms with E-state index in [1.165, 1.54) is 7.11 Å². The molecule has 9 heteroatoms. The van der Waals surface area contributed by atoms with Crippen LogP contribution in [-0.2, 0) is 30.6 Å². The normalized spacial score (nSPS) is 17.4. The van der Waals surface area contributed by atoms with Crippen molar-refractivity contribution in [3.63, 3.8) is 0 Å². The van der Waals surface area contributed by atoms with E-state index >= 15 is 0 Å². The van der Waals surface area contributed by atoms with E-state index in [2.05, 4.69) is 0 Å². The van der Waals surface area contributed by atoms with Gasteiger partial charge in [0.05, 0.1) is 25.7 Å². The maximum atomic E-state index is 12.6. The Balaban J connectivity index is 1.90. The third kappa shape index (κ3) is 6.62. The second kappa shape index (κ2) is 11.2. The highest BCUT2D eigenvalue weighted by molar-refractivity contribution is 7.91. The summed E-state index contributed by atoms with van der Waals surface area (Å²) in [4.78, 5) is 26.4. The Morgan fingerprint density at radius 3 is 2.57 bits per heavy atom. The van der Waals surface area contributed by atoms with Crippen molar-refractivity contribution in [2.75, 3.05) is 38.9 Å². The third-order valence-corrected chi connectivity index (χ3v) is 6.91. The highest BCUT2D eigenvalue weighted by atomic mass is 32.2. The van der Waals surface area contributed by atoms with Crippen molar-refractivity contribution in [2.45, 2.75) is 45.1 Å². The minimum atomic E-state index is -3.11. The first-order chi connectivity index (χ1) is 14.3. The van der Waals surface area contributed by atoms with Crippen LogP contribution >= 0.6 is 0 Å². The number of hydrogen-bond acceptors (Lipinski definition) is 7. The van der Waals surface area contributed by atoms with Gasteiger partial charge < -0.3 is 19.1 Å². The highest BCUT2D eigenvalue weighted by Gasteiger charge is 2.34. The lowest BCUT2D eigenvalue weighted by Gasteiger charge is -2.28. The van der Waals surface area contributed by atoms with Gasteiger partial charge in [0.1, 0.15) is 0 Å². The summed E-state index contributed by atoms with van der Waals surface area (Å²) in [5, 5.41) is 0. The summed E-state index contributed by atoms with van der Waals surface area (Å²) in [6.45, 7) is 2.09. The first-order valence-electron chi connectivity index (χ1n) is 10.2. The highest BCUT2D eigenvalue weighted by Crippen LogP contribution is 2.31. The van der Waals surface area contributed by atoms with Crippen LogP contribution in [0, 0.1) is 0 Å². The number of ether oxygens (including phenoxy) is 3. The fourth-order valence-electron chi connectivity index (χ4n) is 3.55. The molecular weight excluding hydrogens is 410 g/mol. The molecule has 0 radical (unpaired) electrons. The maximum Gasteiger partial charge on any atom is 0.306 e. The van der Waals surface area contributed by atoms with Crippen molar-refractivity contribution in [1.82, 2.24) is 4.90 Å². The van der Waals surface area contributed by atoms with Gasteiger partial charge in [-0.1, -0.05) is 25.5 Å². The summed E-state index contributed by atoms with van der Waals surface area (Å²) >= 11 is 0. The molecule has 2 rings (SSSR count). The van der Waals surface area contributed by atoms with Crippen LogP contribution in [0.2, 0.25) is 0 Å². The molecule has 1 aromatic rings. The average molecular weight is 442 g/mol. The molecule has 1 heterocycles. The molecule has 1 unspecified atom stereocenters. The molecule has 0 spiro atoms. The number of carbonyl (C=O) groups is 2. The van der Waals surface area contributed by atoms with Crippen LogP contribution in [0.4, 0.5) is 0 Å². The number of nitrogens with zero attached hydrogens (tertiary/aromatic N) is 1. The number of sulfone groups is 1. The Morgan fingerprint density at radius 2 is 1.97 bits per heavy atom. The number of para-hydroxylation sites is 1. The zero-order valence-corrected chi connectivity index (χ0v) is 18.7. The van der Waals surface area contributed by atoms with E-state index in [-0.39, 0.29) is 36.5 Å². The predicted octanol–water partition coefficient (Wildman–Crippen LogP) is 2.00. The van der Waals surface area contributed by atoms with Crippen molar-refractivity contribution in [1.29, 1.82) is 0 Å². The first kappa shape index (κ1) is 24.0. The molecule has 1 saturated heterocycles. The average Bonchev–Trinajstić information content (AvgIpc) is 3.09. The summed E-state index contributed by atoms with van der Waals surface area (Å²) in [6.07, 6.45) is 2.55. The Labute approximate surface area is 178 Å². The van der Waals surface area contributed by atoms with Crippen LogP contribution in [0.5, 0.6) is 11.5 Å². The minimum absolute atomic E-state index is 0.0218. The van der Waals surface area contributed by atoms with Crippen molar-refractivity contribution in [3.05, 3.63) is 23.8 Å². The van der Waals surface area contributed by atoms with Crippen LogP contribution in [0.1, 0.15) is 38.2 Å². The summed E-state index contributed by atoms with van der Waals surface area (Å²) in [5.41, 5.74) is 0.806. The van der Waals surface area contributed by atoms with E-state index in [4.69, 9.17) is 14.2 Å². The number of carbonyl (C=O) groups excluding carboxylic acids is 2. The van der Waals surface area contributed by atoms with Crippen LogP contribution in [-0.4, -0.2) is 70.1 Å². The Bertz CT molecular complexity index is 838. The second-order valence-corrected chi connectivity index (χ2v) is 9.54. The number of amides is 1. The number of rotatable bonds is 11. The summed E-state index contributed by atoms with van der Waals surface area (Å²) in [7, 11) is -0.0285. The quantitative estimate of drug-likeness (QED) is 0.484. The fraction of sp³-hybridized carbons (Fsp3) is 0.619. The van der Waals surface area contributed by atoms with Crippen LogP contribution in [0.25, 0.3) is 0 Å². The van der Waals surface area contributed by atoms with Gasteiger partial charge in [-0.3, -0.25) is 9.59 Å². The van der Waals surface area contributed by atoms with E-state index in [1.54, 1.807) is 18.1 Å². The molecule has 0 N–H and O–H groups in total. The van der Waals surface area contributed by atoms with E-state index < -0.39 is 15.8 Å². The summed E-state index contributed by atoms with van der Waals surface area (Å²) in [5.74, 6) is 0.371. The molecule has 1 aromatic carbocycles. The number of unbranched alkanes of at least 4 members (excludes halogenated alkanes) is 1. The lowest BCUT2D eigenvalue weighted by Crippen LogP contribution is -2.43. The predicted molar refractivity (Wildman–Crippen MR) is 113 cm³/mol. The van der Waals surface area contributed by atoms with Crippen LogP contribution in [0.3, 0.4) is 0 Å². The van der Waals surface area contributed by atoms with Gasteiger partial charge >= 0.3 is 5.97 Å². The second-order valence-electron chi connectivity index (χ2n) is 7.31. The molecule has 168 valence electrons. The monoisotopic (exact) mass is 441 g/mol. The van der Waals surface area contributed by atoms with E-state index in [9.17, 15) is 18.0 Å². The number of methoxy groups -OCH3 is 2. The summed E-state index contributed by atoms with van der Waals surface area (Å²) < 4.78 is 39.3. The minimum Gasteiger partial charge on any atom is -0.493 e. The zero-order valence-electron chi connectivity index (χ0n) is 17.9. The standard InChI is InChI=1S/C21H31NO7S/c1-4-5-12-22(17-11-13-30(25,26)15-17)19(23)14-29-20(24)10-9-16-7-6-8-18(27-2)21(16)28-3/h6-8,17H,4-5,9-15H2,1-3H3. The van der Waals surface area contributed by atoms with Crippen molar-refractivity contribution >= 4 is 21.7 Å². The Hall–Kier alpha value is -2.29. The van der Waals surface area contributed by atoms with Crippen LogP contribution < -0.4 is 9.47 Å². The Kier molecular flexibility index (Phi) is 8.95. The number of aryl methyl sites for hydroxylation is 1. The molecule has 0 bridgehead atoms. The molecule has 8 nitrogen and oxygen atoms in total. The molecule has 1 atom stereocenters. The van der Waals surface area contributed by atoms with Crippen LogP contribution in [0.15, 0.2) is 18.2 Å². The number of hydrogen-bond donors (Lipinski definition) is 0. The fourth-order valence-corrected chi connectivity index (χ4v) is 5.28. The van der Waals surface area contributed by atoms with Gasteiger partial charge in [0.15, 0.2) is 27.9 Å². The molecule has 1 aliphatic heterocycles. The maximum absolute atomic E-state index is 12.6. The number of benzene rings is 1. The molecule has 1 aliphatic rings. The van der Waals surface area contributed by atoms with Crippen molar-refractivity contribution in [3.8, 4) is 11.5 Å². The molecule has 1 fully saturated rings. The number of esters is 1. The van der Waals surface area contributed by atoms with E-state index in [1.807, 2.05) is 19.1 Å². The van der Waals surface area contributed by atoms with Gasteiger partial charge in [0, 0.05) is 19.0 Å². The molecule has 1 amide bonds. The van der Waals surface area contributed by atoms with E-state index in [0.717, 1.165) is 18.4 Å². The molecule has 0 aliphatic carbocycles. The smallest absolute Gasteiger partial charge is 0.306 e. The third-order valence-electron chi connectivity index (χ3n) is 5.16. The van der Waals surface area contributed by atoms with Gasteiger partial charge in [0.25, 0.3) is 5.91 Å². The molecule has 0 aromatic heterocycles. The first-order valence-corrected chi connectivity index (χ1v) is 12.0. The van der Waals surface area contributed by atoms with Gasteiger partial charge in [-0.15, -0.1) is 0 Å². The molecule has 0 saturated carbocycles. The van der Waals surface area contributed by atoms with Gasteiger partial charge in [-0.2, -0.15) is 0 Å². The topological polar surface area (TPSA) is 99.2 Å². The molecular formula is C21H31NO7S. The lowest BCUT2D eigenvalue weighted by molar-refractivity contribution is -0.152. The summed E-state index contributed by atoms with van der Waals surface area (Å²) in [6, 6.07) is 5.08. The van der Waals surface area contributed by atoms with Gasteiger partial charge in [0.2, 0.25) is 0 Å². The van der Waals surface area contributed by atoms with Crippen molar-refractivity contribution < 1.29 is 32.2 Å². The lowest BCUT2D eigenvalue weighted by atomic mass is 10.1. The van der Waals surface area contributed by atoms with Gasteiger partial charge in [-0.05, 0) is 30.9 Å². The van der Waals surface area contributed by atoms with Gasteiger partial charge in [-0.25, -0.2) is 8.42 Å².